The lowest BCUT2D eigenvalue weighted by Gasteiger charge is -2.30. The second-order valence-electron chi connectivity index (χ2n) is 6.51. The van der Waals surface area contributed by atoms with Gasteiger partial charge in [0, 0.05) is 19.5 Å². The van der Waals surface area contributed by atoms with Crippen LogP contribution in [0.25, 0.3) is 0 Å². The van der Waals surface area contributed by atoms with Crippen molar-refractivity contribution >= 4 is 0 Å². The van der Waals surface area contributed by atoms with Crippen LogP contribution in [0.3, 0.4) is 0 Å². The van der Waals surface area contributed by atoms with Crippen LogP contribution in [0.15, 0.2) is 24.3 Å². The maximum Gasteiger partial charge on any atom is 0.161 e. The van der Waals surface area contributed by atoms with Crippen LogP contribution >= 0.6 is 0 Å². The molecule has 2 heterocycles. The van der Waals surface area contributed by atoms with E-state index >= 15 is 0 Å². The topological polar surface area (TPSA) is 52.4 Å². The van der Waals surface area contributed by atoms with Crippen molar-refractivity contribution in [2.75, 3.05) is 19.7 Å². The third kappa shape index (κ3) is 3.53. The summed E-state index contributed by atoms with van der Waals surface area (Å²) in [4.78, 5) is 2.32. The van der Waals surface area contributed by atoms with Crippen LogP contribution in [0, 0.1) is 0 Å². The quantitative estimate of drug-likeness (QED) is 0.815. The molecule has 0 N–H and O–H groups in total. The van der Waals surface area contributed by atoms with Crippen LogP contribution in [-0.2, 0) is 13.6 Å². The Morgan fingerprint density at radius 3 is 2.67 bits per heavy atom. The number of para-hydroxylation sites is 2. The zero-order valence-corrected chi connectivity index (χ0v) is 14.9. The van der Waals surface area contributed by atoms with Crippen molar-refractivity contribution in [1.29, 1.82) is 0 Å². The van der Waals surface area contributed by atoms with Gasteiger partial charge in [-0.25, -0.2) is 0 Å². The molecule has 0 amide bonds. The molecule has 1 atom stereocenters. The van der Waals surface area contributed by atoms with E-state index in [1.54, 1.807) is 0 Å². The third-order valence-corrected chi connectivity index (χ3v) is 4.36. The summed E-state index contributed by atoms with van der Waals surface area (Å²) >= 11 is 0. The van der Waals surface area contributed by atoms with E-state index < -0.39 is 0 Å². The summed E-state index contributed by atoms with van der Waals surface area (Å²) < 4.78 is 14.0. The SMILES string of the molecule is CCN(Cc1nnc(C(C)C)n1C)C[C@@H]1COc2ccccc2O1. The number of benzene rings is 1. The first-order valence-corrected chi connectivity index (χ1v) is 8.57. The first-order chi connectivity index (χ1) is 11.6. The number of hydrogen-bond donors (Lipinski definition) is 0. The maximum absolute atomic E-state index is 6.07. The van der Waals surface area contributed by atoms with Gasteiger partial charge < -0.3 is 14.0 Å². The Kier molecular flexibility index (Phi) is 5.04. The highest BCUT2D eigenvalue weighted by atomic mass is 16.6. The van der Waals surface area contributed by atoms with E-state index in [4.69, 9.17) is 9.47 Å². The molecule has 130 valence electrons. The molecule has 1 aliphatic heterocycles. The molecule has 0 saturated carbocycles. The fourth-order valence-electron chi connectivity index (χ4n) is 2.96. The number of aromatic nitrogens is 3. The molecule has 3 rings (SSSR count). The van der Waals surface area contributed by atoms with Crippen LogP contribution in [0.1, 0.15) is 38.3 Å². The molecule has 24 heavy (non-hydrogen) atoms. The van der Waals surface area contributed by atoms with Crippen molar-refractivity contribution in [1.82, 2.24) is 19.7 Å². The van der Waals surface area contributed by atoms with Crippen LogP contribution in [-0.4, -0.2) is 45.5 Å². The van der Waals surface area contributed by atoms with Crippen LogP contribution in [0.4, 0.5) is 0 Å². The molecule has 2 aromatic rings. The molecule has 6 nitrogen and oxygen atoms in total. The molecule has 6 heteroatoms. The van der Waals surface area contributed by atoms with Gasteiger partial charge in [0.25, 0.3) is 0 Å². The Hall–Kier alpha value is -2.08. The minimum absolute atomic E-state index is 0.0256. The normalized spacial score (nSPS) is 16.8. The fraction of sp³-hybridized carbons (Fsp3) is 0.556. The van der Waals surface area contributed by atoms with Crippen molar-refractivity contribution in [3.8, 4) is 11.5 Å². The first-order valence-electron chi connectivity index (χ1n) is 8.57. The molecular formula is C18H26N4O2. The van der Waals surface area contributed by atoms with Gasteiger partial charge in [-0.15, -0.1) is 10.2 Å². The first kappa shape index (κ1) is 16.8. The van der Waals surface area contributed by atoms with E-state index in [0.717, 1.165) is 42.8 Å². The summed E-state index contributed by atoms with van der Waals surface area (Å²) in [5, 5.41) is 8.66. The predicted molar refractivity (Wildman–Crippen MR) is 92.4 cm³/mol. The lowest BCUT2D eigenvalue weighted by molar-refractivity contribution is 0.0571. The Balaban J connectivity index is 1.64. The number of hydrogen-bond acceptors (Lipinski definition) is 5. The van der Waals surface area contributed by atoms with Crippen molar-refractivity contribution in [3.63, 3.8) is 0 Å². The standard InChI is InChI=1S/C18H26N4O2/c1-5-22(11-17-19-20-18(13(2)3)21(17)4)10-14-12-23-15-8-6-7-9-16(15)24-14/h6-9,13-14H,5,10-12H2,1-4H3/t14-/m1/s1. The summed E-state index contributed by atoms with van der Waals surface area (Å²) in [6.45, 7) is 9.47. The van der Waals surface area contributed by atoms with E-state index in [1.165, 1.54) is 0 Å². The predicted octanol–water partition coefficient (Wildman–Crippen LogP) is 2.60. The number of ether oxygens (including phenoxy) is 2. The van der Waals surface area contributed by atoms with Crippen molar-refractivity contribution in [2.24, 2.45) is 7.05 Å². The smallest absolute Gasteiger partial charge is 0.161 e. The van der Waals surface area contributed by atoms with Crippen molar-refractivity contribution in [2.45, 2.75) is 39.3 Å². The molecule has 0 spiro atoms. The van der Waals surface area contributed by atoms with Gasteiger partial charge in [-0.2, -0.15) is 0 Å². The van der Waals surface area contributed by atoms with E-state index in [9.17, 15) is 0 Å². The van der Waals surface area contributed by atoms with Gasteiger partial charge in [-0.1, -0.05) is 32.9 Å². The summed E-state index contributed by atoms with van der Waals surface area (Å²) in [5.41, 5.74) is 0. The highest BCUT2D eigenvalue weighted by Gasteiger charge is 2.23. The zero-order valence-electron chi connectivity index (χ0n) is 14.9. The highest BCUT2D eigenvalue weighted by Crippen LogP contribution is 2.31. The number of likely N-dealkylation sites (N-methyl/N-ethyl adjacent to an activating group) is 1. The summed E-state index contributed by atoms with van der Waals surface area (Å²) in [6, 6.07) is 7.82. The van der Waals surface area contributed by atoms with Gasteiger partial charge in [0.1, 0.15) is 24.4 Å². The molecule has 0 aliphatic carbocycles. The lowest BCUT2D eigenvalue weighted by Crippen LogP contribution is -2.41. The van der Waals surface area contributed by atoms with Gasteiger partial charge in [0.15, 0.2) is 11.5 Å². The molecule has 0 unspecified atom stereocenters. The Labute approximate surface area is 143 Å². The Morgan fingerprint density at radius 2 is 2.00 bits per heavy atom. The summed E-state index contributed by atoms with van der Waals surface area (Å²) in [6.07, 6.45) is 0.0256. The summed E-state index contributed by atoms with van der Waals surface area (Å²) in [5.74, 6) is 4.03. The molecule has 0 radical (unpaired) electrons. The van der Waals surface area contributed by atoms with Gasteiger partial charge in [-0.05, 0) is 18.7 Å². The Bertz CT molecular complexity index is 683. The van der Waals surface area contributed by atoms with Crippen LogP contribution < -0.4 is 9.47 Å². The number of rotatable bonds is 6. The monoisotopic (exact) mass is 330 g/mol. The second-order valence-corrected chi connectivity index (χ2v) is 6.51. The van der Waals surface area contributed by atoms with E-state index in [1.807, 2.05) is 31.3 Å². The van der Waals surface area contributed by atoms with Gasteiger partial charge in [0.05, 0.1) is 6.54 Å². The minimum atomic E-state index is 0.0256. The molecule has 0 fully saturated rings. The lowest BCUT2D eigenvalue weighted by atomic mass is 10.2. The second kappa shape index (κ2) is 7.21. The van der Waals surface area contributed by atoms with Gasteiger partial charge in [0.2, 0.25) is 0 Å². The van der Waals surface area contributed by atoms with E-state index in [0.29, 0.717) is 12.5 Å². The van der Waals surface area contributed by atoms with Gasteiger partial charge >= 0.3 is 0 Å². The number of nitrogens with zero attached hydrogens (tertiary/aromatic N) is 4. The van der Waals surface area contributed by atoms with Gasteiger partial charge in [-0.3, -0.25) is 4.90 Å². The average molecular weight is 330 g/mol. The largest absolute Gasteiger partial charge is 0.486 e. The molecule has 1 aromatic heterocycles. The van der Waals surface area contributed by atoms with Crippen molar-refractivity contribution in [3.05, 3.63) is 35.9 Å². The fourth-order valence-corrected chi connectivity index (χ4v) is 2.96. The molecular weight excluding hydrogens is 304 g/mol. The average Bonchev–Trinajstić information content (AvgIpc) is 2.95. The van der Waals surface area contributed by atoms with Crippen LogP contribution in [0.5, 0.6) is 11.5 Å². The maximum atomic E-state index is 6.07. The summed E-state index contributed by atoms with van der Waals surface area (Å²) in [7, 11) is 2.04. The molecule has 0 bridgehead atoms. The molecule has 1 aromatic carbocycles. The zero-order chi connectivity index (χ0) is 17.1. The van der Waals surface area contributed by atoms with Crippen LogP contribution in [0.2, 0.25) is 0 Å². The minimum Gasteiger partial charge on any atom is -0.486 e. The highest BCUT2D eigenvalue weighted by molar-refractivity contribution is 5.40. The van der Waals surface area contributed by atoms with Crippen molar-refractivity contribution < 1.29 is 9.47 Å². The third-order valence-electron chi connectivity index (χ3n) is 4.36. The van der Waals surface area contributed by atoms with E-state index in [2.05, 4.69) is 40.4 Å². The number of fused-ring (bicyclic) bond motifs is 1. The Morgan fingerprint density at radius 1 is 1.25 bits per heavy atom. The van der Waals surface area contributed by atoms with E-state index in [-0.39, 0.29) is 6.10 Å². The molecule has 0 saturated heterocycles. The molecule has 1 aliphatic rings.